The molecule has 1 aliphatic heterocycles. The number of carbonyl (C=O) groups excluding carboxylic acids is 1. The number of amides is 1. The quantitative estimate of drug-likeness (QED) is 0.808. The molecule has 2 atom stereocenters. The van der Waals surface area contributed by atoms with Crippen LogP contribution in [0.3, 0.4) is 0 Å². The van der Waals surface area contributed by atoms with Gasteiger partial charge in [0, 0.05) is 26.1 Å². The molecule has 2 N–H and O–H groups in total. The summed E-state index contributed by atoms with van der Waals surface area (Å²) in [7, 11) is 0. The lowest BCUT2D eigenvalue weighted by Crippen LogP contribution is -2.52. The van der Waals surface area contributed by atoms with Gasteiger partial charge in [-0.05, 0) is 24.2 Å². The zero-order valence-electron chi connectivity index (χ0n) is 12.4. The molecule has 1 rings (SSSR count). The number of piperidine rings is 1. The minimum absolute atomic E-state index is 0.0447. The summed E-state index contributed by atoms with van der Waals surface area (Å²) in [6.45, 7) is 9.57. The molecule has 0 spiro atoms. The number of aliphatic carboxylic acids is 1. The van der Waals surface area contributed by atoms with Gasteiger partial charge in [0.05, 0.1) is 6.54 Å². The van der Waals surface area contributed by atoms with Crippen molar-refractivity contribution in [3.63, 3.8) is 0 Å². The fourth-order valence-corrected chi connectivity index (χ4v) is 3.03. The molecule has 0 radical (unpaired) electrons. The van der Waals surface area contributed by atoms with Crippen molar-refractivity contribution in [2.75, 3.05) is 19.6 Å². The van der Waals surface area contributed by atoms with Gasteiger partial charge in [0.15, 0.2) is 0 Å². The number of carbonyl (C=O) groups is 2. The van der Waals surface area contributed by atoms with Gasteiger partial charge in [-0.25, -0.2) is 0 Å². The van der Waals surface area contributed by atoms with E-state index in [-0.39, 0.29) is 23.9 Å². The second-order valence-corrected chi connectivity index (χ2v) is 6.85. The second-order valence-electron chi connectivity index (χ2n) is 6.85. The summed E-state index contributed by atoms with van der Waals surface area (Å²) in [5, 5.41) is 11.9. The third-order valence-corrected chi connectivity index (χ3v) is 3.28. The third-order valence-electron chi connectivity index (χ3n) is 3.28. The van der Waals surface area contributed by atoms with Crippen LogP contribution in [0.25, 0.3) is 0 Å². The first kappa shape index (κ1) is 16.0. The molecule has 110 valence electrons. The summed E-state index contributed by atoms with van der Waals surface area (Å²) in [5.74, 6) is -0.417. The fourth-order valence-electron chi connectivity index (χ4n) is 3.03. The maximum absolute atomic E-state index is 11.2. The molecule has 1 fully saturated rings. The van der Waals surface area contributed by atoms with Gasteiger partial charge in [-0.15, -0.1) is 0 Å². The Hall–Kier alpha value is -1.10. The molecule has 0 aromatic heterocycles. The van der Waals surface area contributed by atoms with Crippen LogP contribution in [0, 0.1) is 11.3 Å². The normalized spacial score (nSPS) is 25.1. The molecule has 1 heterocycles. The summed E-state index contributed by atoms with van der Waals surface area (Å²) in [6.07, 6.45) is 1.98. The van der Waals surface area contributed by atoms with Crippen molar-refractivity contribution in [3.05, 3.63) is 0 Å². The highest BCUT2D eigenvalue weighted by Crippen LogP contribution is 2.30. The van der Waals surface area contributed by atoms with E-state index in [1.807, 2.05) is 4.90 Å². The van der Waals surface area contributed by atoms with Gasteiger partial charge in [0.1, 0.15) is 0 Å². The zero-order chi connectivity index (χ0) is 14.6. The summed E-state index contributed by atoms with van der Waals surface area (Å²) in [5.41, 5.74) is 0.220. The van der Waals surface area contributed by atoms with Gasteiger partial charge < -0.3 is 10.4 Å². The van der Waals surface area contributed by atoms with Gasteiger partial charge in [0.2, 0.25) is 5.91 Å². The number of hydrogen-bond acceptors (Lipinski definition) is 3. The number of nitrogens with zero attached hydrogens (tertiary/aromatic N) is 1. The van der Waals surface area contributed by atoms with Crippen LogP contribution in [0.5, 0.6) is 0 Å². The highest BCUT2D eigenvalue weighted by atomic mass is 16.4. The number of rotatable bonds is 4. The van der Waals surface area contributed by atoms with Gasteiger partial charge in [-0.1, -0.05) is 20.8 Å². The number of carboxylic acids is 1. The van der Waals surface area contributed by atoms with E-state index in [1.165, 1.54) is 6.92 Å². The topological polar surface area (TPSA) is 69.6 Å². The molecule has 0 saturated carbocycles. The number of nitrogens with one attached hydrogen (secondary N) is 1. The van der Waals surface area contributed by atoms with E-state index in [9.17, 15) is 9.59 Å². The molecule has 0 bridgehead atoms. The van der Waals surface area contributed by atoms with Crippen LogP contribution in [0.1, 0.15) is 40.5 Å². The van der Waals surface area contributed by atoms with Crippen molar-refractivity contribution in [2.24, 2.45) is 11.3 Å². The van der Waals surface area contributed by atoms with E-state index in [0.29, 0.717) is 12.5 Å². The van der Waals surface area contributed by atoms with E-state index in [1.54, 1.807) is 0 Å². The Balaban J connectivity index is 2.65. The molecule has 5 nitrogen and oxygen atoms in total. The summed E-state index contributed by atoms with van der Waals surface area (Å²) in [4.78, 5) is 24.0. The average molecular weight is 270 g/mol. The van der Waals surface area contributed by atoms with Gasteiger partial charge >= 0.3 is 5.97 Å². The number of carboxylic acid groups (broad SMARTS) is 1. The molecule has 1 aliphatic rings. The Bertz CT molecular complexity index is 312. The van der Waals surface area contributed by atoms with Crippen LogP contribution >= 0.6 is 0 Å². The largest absolute Gasteiger partial charge is 0.480 e. The summed E-state index contributed by atoms with van der Waals surface area (Å²) < 4.78 is 0. The highest BCUT2D eigenvalue weighted by Gasteiger charge is 2.31. The Kier molecular flexibility index (Phi) is 5.35. The lowest BCUT2D eigenvalue weighted by molar-refractivity contribution is -0.138. The van der Waals surface area contributed by atoms with Crippen molar-refractivity contribution in [2.45, 2.75) is 46.6 Å². The fraction of sp³-hybridized carbons (Fsp3) is 0.857. The lowest BCUT2D eigenvalue weighted by Gasteiger charge is -2.39. The second kappa shape index (κ2) is 6.37. The molecule has 0 aromatic carbocycles. The Labute approximate surface area is 115 Å². The van der Waals surface area contributed by atoms with Crippen molar-refractivity contribution in [1.82, 2.24) is 10.2 Å². The van der Waals surface area contributed by atoms with Crippen molar-refractivity contribution in [1.29, 1.82) is 0 Å². The molecule has 2 unspecified atom stereocenters. The predicted octanol–water partition coefficient (Wildman–Crippen LogP) is 1.33. The molecule has 0 aromatic rings. The molecular formula is C14H26N2O3. The average Bonchev–Trinajstić information content (AvgIpc) is 2.10. The summed E-state index contributed by atoms with van der Waals surface area (Å²) in [6, 6.07) is 0.0675. The van der Waals surface area contributed by atoms with E-state index in [2.05, 4.69) is 26.1 Å². The minimum Gasteiger partial charge on any atom is -0.480 e. The van der Waals surface area contributed by atoms with E-state index >= 15 is 0 Å². The highest BCUT2D eigenvalue weighted by molar-refractivity contribution is 5.73. The SMILES string of the molecule is CC(=O)NC1CC(CC(C)(C)C)CN(CC(=O)O)C1. The lowest BCUT2D eigenvalue weighted by atomic mass is 9.80. The molecular weight excluding hydrogens is 244 g/mol. The van der Waals surface area contributed by atoms with Crippen molar-refractivity contribution >= 4 is 11.9 Å². The van der Waals surface area contributed by atoms with Crippen molar-refractivity contribution < 1.29 is 14.7 Å². The first-order valence-electron chi connectivity index (χ1n) is 6.87. The zero-order valence-corrected chi connectivity index (χ0v) is 12.4. The number of likely N-dealkylation sites (tertiary alicyclic amines) is 1. The third kappa shape index (κ3) is 6.57. The van der Waals surface area contributed by atoms with Gasteiger partial charge in [-0.2, -0.15) is 0 Å². The molecule has 0 aliphatic carbocycles. The van der Waals surface area contributed by atoms with Crippen LogP contribution in [0.15, 0.2) is 0 Å². The van der Waals surface area contributed by atoms with Crippen LogP contribution in [0.4, 0.5) is 0 Å². The minimum atomic E-state index is -0.807. The molecule has 5 heteroatoms. The van der Waals surface area contributed by atoms with E-state index in [0.717, 1.165) is 19.4 Å². The smallest absolute Gasteiger partial charge is 0.317 e. The number of hydrogen-bond donors (Lipinski definition) is 2. The Morgan fingerprint density at radius 2 is 1.95 bits per heavy atom. The molecule has 1 amide bonds. The molecule has 19 heavy (non-hydrogen) atoms. The van der Waals surface area contributed by atoms with Crippen LogP contribution < -0.4 is 5.32 Å². The van der Waals surface area contributed by atoms with Gasteiger partial charge in [-0.3, -0.25) is 14.5 Å². The Morgan fingerprint density at radius 1 is 1.32 bits per heavy atom. The van der Waals surface area contributed by atoms with Crippen molar-refractivity contribution in [3.8, 4) is 0 Å². The maximum Gasteiger partial charge on any atom is 0.317 e. The van der Waals surface area contributed by atoms with Gasteiger partial charge in [0.25, 0.3) is 0 Å². The standard InChI is InChI=1S/C14H26N2O3/c1-10(17)15-12-5-11(6-14(2,3)4)7-16(8-12)9-13(18)19/h11-12H,5-9H2,1-4H3,(H,15,17)(H,18,19). The maximum atomic E-state index is 11.2. The van der Waals surface area contributed by atoms with Crippen LogP contribution in [-0.2, 0) is 9.59 Å². The monoisotopic (exact) mass is 270 g/mol. The van der Waals surface area contributed by atoms with Crippen LogP contribution in [0.2, 0.25) is 0 Å². The molecule has 1 saturated heterocycles. The predicted molar refractivity (Wildman–Crippen MR) is 73.9 cm³/mol. The summed E-state index contributed by atoms with van der Waals surface area (Å²) >= 11 is 0. The van der Waals surface area contributed by atoms with E-state index in [4.69, 9.17) is 5.11 Å². The Morgan fingerprint density at radius 3 is 2.42 bits per heavy atom. The first-order chi connectivity index (χ1) is 8.65. The van der Waals surface area contributed by atoms with E-state index < -0.39 is 5.97 Å². The first-order valence-corrected chi connectivity index (χ1v) is 6.87. The van der Waals surface area contributed by atoms with Crippen LogP contribution in [-0.4, -0.2) is 47.6 Å².